The second kappa shape index (κ2) is 11.0. The molecule has 0 saturated carbocycles. The first-order valence-corrected chi connectivity index (χ1v) is 11.8. The molecule has 0 atom stereocenters. The number of alkyl halides is 3. The monoisotopic (exact) mass is 530 g/mol. The summed E-state index contributed by atoms with van der Waals surface area (Å²) < 4.78 is 33.5. The number of aromatic nitrogens is 5. The second-order valence-corrected chi connectivity index (χ2v) is 8.48. The highest BCUT2D eigenvalue weighted by Gasteiger charge is 2.38. The number of aryl methyl sites for hydroxylation is 2. The van der Waals surface area contributed by atoms with E-state index in [0.717, 1.165) is 60.6 Å². The van der Waals surface area contributed by atoms with Crippen LogP contribution in [0.2, 0.25) is 0 Å². The highest BCUT2D eigenvalue weighted by atomic mass is 19.4. The fraction of sp³-hybridized carbons (Fsp3) is 0.333. The van der Waals surface area contributed by atoms with E-state index in [2.05, 4.69) is 42.7 Å². The van der Waals surface area contributed by atoms with Crippen LogP contribution in [-0.4, -0.2) is 74.1 Å². The summed E-state index contributed by atoms with van der Waals surface area (Å²) in [6, 6.07) is 7.62. The van der Waals surface area contributed by atoms with Crippen molar-refractivity contribution in [2.45, 2.75) is 26.4 Å². The number of fused-ring (bicyclic) bond motifs is 2. The Labute approximate surface area is 214 Å². The number of nitrogens with one attached hydrogen (secondary N) is 2. The summed E-state index contributed by atoms with van der Waals surface area (Å²) in [6.45, 7) is 7.68. The number of halogens is 3. The van der Waals surface area contributed by atoms with Gasteiger partial charge in [-0.3, -0.25) is 4.79 Å². The number of imidazole rings is 1. The number of carboxylic acids is 1. The summed E-state index contributed by atoms with van der Waals surface area (Å²) in [7, 11) is 0. The number of carboxylic acid groups (broad SMARTS) is 1. The van der Waals surface area contributed by atoms with Crippen molar-refractivity contribution in [2.24, 2.45) is 0 Å². The number of hydrogen-bond acceptors (Lipinski definition) is 8. The molecule has 0 aliphatic carbocycles. The molecule has 0 unspecified atom stereocenters. The van der Waals surface area contributed by atoms with Gasteiger partial charge in [0.25, 0.3) is 5.91 Å². The van der Waals surface area contributed by atoms with Crippen LogP contribution in [0.3, 0.4) is 0 Å². The molecule has 3 aromatic heterocycles. The van der Waals surface area contributed by atoms with Crippen molar-refractivity contribution in [1.82, 2.24) is 30.1 Å². The predicted molar refractivity (Wildman–Crippen MR) is 133 cm³/mol. The Balaban J connectivity index is 0.000000426. The first-order chi connectivity index (χ1) is 18.1. The number of carbonyl (C=O) groups excluding carboxylic acids is 1. The molecule has 0 spiro atoms. The van der Waals surface area contributed by atoms with E-state index in [1.165, 1.54) is 0 Å². The molecule has 14 heteroatoms. The minimum absolute atomic E-state index is 0.261. The molecular formula is C24H25F3N8O3. The Kier molecular flexibility index (Phi) is 7.71. The number of amides is 1. The average molecular weight is 531 g/mol. The third-order valence-corrected chi connectivity index (χ3v) is 5.85. The number of carbonyl (C=O) groups is 2. The first-order valence-electron chi connectivity index (χ1n) is 11.8. The molecule has 0 radical (unpaired) electrons. The fourth-order valence-corrected chi connectivity index (χ4v) is 4.09. The van der Waals surface area contributed by atoms with Crippen molar-refractivity contribution < 1.29 is 27.9 Å². The smallest absolute Gasteiger partial charge is 0.475 e. The summed E-state index contributed by atoms with van der Waals surface area (Å²) in [6.07, 6.45) is -0.771. The van der Waals surface area contributed by atoms with Crippen LogP contribution in [0, 0.1) is 6.92 Å². The predicted octanol–water partition coefficient (Wildman–Crippen LogP) is 2.84. The number of rotatable bonds is 4. The van der Waals surface area contributed by atoms with Gasteiger partial charge in [-0.15, -0.1) is 10.2 Å². The minimum atomic E-state index is -5.08. The molecule has 4 heterocycles. The quantitative estimate of drug-likeness (QED) is 0.364. The molecule has 1 fully saturated rings. The number of aliphatic carboxylic acids is 1. The lowest BCUT2D eigenvalue weighted by Gasteiger charge is -2.30. The largest absolute Gasteiger partial charge is 0.490 e. The summed E-state index contributed by atoms with van der Waals surface area (Å²) in [5.74, 6) is -2.54. The SMILES string of the molecule is CCc1cc(NC(=O)c2ccc(N3CCNCC3)c3ccnnc23)nn2cc(C)nc12.O=C(O)C(F)(F)F. The van der Waals surface area contributed by atoms with Gasteiger partial charge in [0.05, 0.1) is 23.7 Å². The molecule has 1 aromatic carbocycles. The summed E-state index contributed by atoms with van der Waals surface area (Å²) in [4.78, 5) is 28.9. The highest BCUT2D eigenvalue weighted by molar-refractivity contribution is 6.13. The van der Waals surface area contributed by atoms with Crippen molar-refractivity contribution in [3.05, 3.63) is 53.5 Å². The maximum absolute atomic E-state index is 13.2. The van der Waals surface area contributed by atoms with Gasteiger partial charge in [0.15, 0.2) is 11.5 Å². The molecule has 4 aromatic rings. The summed E-state index contributed by atoms with van der Waals surface area (Å²) in [5.41, 5.74) is 4.86. The Hall–Kier alpha value is -4.33. The van der Waals surface area contributed by atoms with Gasteiger partial charge in [-0.1, -0.05) is 6.92 Å². The van der Waals surface area contributed by atoms with E-state index in [1.807, 2.05) is 37.4 Å². The van der Waals surface area contributed by atoms with Crippen molar-refractivity contribution in [2.75, 3.05) is 36.4 Å². The molecule has 5 rings (SSSR count). The number of piperazine rings is 1. The van der Waals surface area contributed by atoms with Gasteiger partial charge >= 0.3 is 12.1 Å². The van der Waals surface area contributed by atoms with Crippen molar-refractivity contribution in [1.29, 1.82) is 0 Å². The number of anilines is 2. The normalized spacial score (nSPS) is 13.8. The van der Waals surface area contributed by atoms with Gasteiger partial charge in [0.2, 0.25) is 0 Å². The van der Waals surface area contributed by atoms with E-state index < -0.39 is 12.1 Å². The lowest BCUT2D eigenvalue weighted by Crippen LogP contribution is -2.43. The van der Waals surface area contributed by atoms with Gasteiger partial charge in [-0.2, -0.15) is 18.3 Å². The Morgan fingerprint density at radius 1 is 1.18 bits per heavy atom. The van der Waals surface area contributed by atoms with Crippen LogP contribution >= 0.6 is 0 Å². The van der Waals surface area contributed by atoms with Gasteiger partial charge in [0.1, 0.15) is 5.52 Å². The average Bonchev–Trinajstić information content (AvgIpc) is 3.27. The lowest BCUT2D eigenvalue weighted by atomic mass is 10.1. The Bertz CT molecular complexity index is 1480. The third-order valence-electron chi connectivity index (χ3n) is 5.85. The van der Waals surface area contributed by atoms with E-state index in [0.29, 0.717) is 16.9 Å². The van der Waals surface area contributed by atoms with Crippen LogP contribution in [-0.2, 0) is 11.2 Å². The van der Waals surface area contributed by atoms with E-state index in [9.17, 15) is 18.0 Å². The molecule has 38 heavy (non-hydrogen) atoms. The lowest BCUT2D eigenvalue weighted by molar-refractivity contribution is -0.192. The molecular weight excluding hydrogens is 505 g/mol. The molecule has 1 saturated heterocycles. The molecule has 1 amide bonds. The molecule has 3 N–H and O–H groups in total. The first kappa shape index (κ1) is 26.7. The molecule has 1 aliphatic heterocycles. The maximum atomic E-state index is 13.2. The molecule has 200 valence electrons. The van der Waals surface area contributed by atoms with Crippen LogP contribution in [0.25, 0.3) is 16.6 Å². The molecule has 1 aliphatic rings. The zero-order valence-corrected chi connectivity index (χ0v) is 20.6. The van der Waals surface area contributed by atoms with Crippen LogP contribution in [0.15, 0.2) is 36.7 Å². The van der Waals surface area contributed by atoms with Crippen LogP contribution in [0.4, 0.5) is 24.7 Å². The standard InChI is InChI=1S/C22H24N8O.C2HF3O2/c1-3-15-12-19(28-30-13-14(2)25-21(15)30)26-22(31)17-4-5-18(29-10-8-23-9-11-29)16-6-7-24-27-20(16)17;3-2(4,5)1(6)7/h4-7,12-13,23H,3,8-11H2,1-2H3,(H,26,28,31);(H,6,7). The zero-order valence-electron chi connectivity index (χ0n) is 20.6. The van der Waals surface area contributed by atoms with E-state index in [1.54, 1.807) is 10.7 Å². The molecule has 11 nitrogen and oxygen atoms in total. The van der Waals surface area contributed by atoms with Gasteiger partial charge < -0.3 is 20.6 Å². The van der Waals surface area contributed by atoms with Gasteiger partial charge in [0, 0.05) is 42.8 Å². The third kappa shape index (κ3) is 5.80. The topological polar surface area (TPSA) is 138 Å². The minimum Gasteiger partial charge on any atom is -0.475 e. The van der Waals surface area contributed by atoms with Crippen molar-refractivity contribution in [3.63, 3.8) is 0 Å². The second-order valence-electron chi connectivity index (χ2n) is 8.48. The van der Waals surface area contributed by atoms with Crippen LogP contribution in [0.1, 0.15) is 28.5 Å². The zero-order chi connectivity index (χ0) is 27.4. The summed E-state index contributed by atoms with van der Waals surface area (Å²) >= 11 is 0. The Morgan fingerprint density at radius 3 is 2.55 bits per heavy atom. The Morgan fingerprint density at radius 2 is 1.89 bits per heavy atom. The molecule has 0 bridgehead atoms. The number of nitrogens with zero attached hydrogens (tertiary/aromatic N) is 6. The van der Waals surface area contributed by atoms with E-state index in [-0.39, 0.29) is 5.91 Å². The summed E-state index contributed by atoms with van der Waals surface area (Å²) in [5, 5.41) is 27.2. The highest BCUT2D eigenvalue weighted by Crippen LogP contribution is 2.28. The van der Waals surface area contributed by atoms with Gasteiger partial charge in [-0.25, -0.2) is 14.3 Å². The van der Waals surface area contributed by atoms with E-state index >= 15 is 0 Å². The van der Waals surface area contributed by atoms with Gasteiger partial charge in [-0.05, 0) is 37.6 Å². The number of benzene rings is 1. The van der Waals surface area contributed by atoms with Crippen LogP contribution in [0.5, 0.6) is 0 Å². The van der Waals surface area contributed by atoms with Crippen LogP contribution < -0.4 is 15.5 Å². The van der Waals surface area contributed by atoms with E-state index in [4.69, 9.17) is 9.90 Å². The van der Waals surface area contributed by atoms with Crippen molar-refractivity contribution >= 4 is 39.9 Å². The fourth-order valence-electron chi connectivity index (χ4n) is 4.09. The van der Waals surface area contributed by atoms with Crippen molar-refractivity contribution in [3.8, 4) is 0 Å². The number of hydrogen-bond donors (Lipinski definition) is 3. The maximum Gasteiger partial charge on any atom is 0.490 e.